The molecule has 2 N–H and O–H groups in total. The highest BCUT2D eigenvalue weighted by Gasteiger charge is 2.23. The van der Waals surface area contributed by atoms with Gasteiger partial charge in [0, 0.05) is 36.6 Å². The summed E-state index contributed by atoms with van der Waals surface area (Å²) in [5.41, 5.74) is 1.62. The Balaban J connectivity index is 1.69. The van der Waals surface area contributed by atoms with Gasteiger partial charge in [-0.05, 0) is 44.0 Å². The summed E-state index contributed by atoms with van der Waals surface area (Å²) in [7, 11) is 1.65. The number of nitrogens with one attached hydrogen (secondary N) is 2. The molecule has 6 nitrogen and oxygen atoms in total. The standard InChI is InChI=1S/C19H23N3O3/c1-13-8-9-17(18(23)20-13)19(24)21-14-5-4-10-22(12-14)15-6-3-7-16(11-15)25-2/h3,6-9,11,14H,4-5,10,12H2,1-2H3,(H,20,23)(H,21,24). The van der Waals surface area contributed by atoms with Crippen LogP contribution < -0.4 is 20.5 Å². The molecule has 1 aliphatic rings. The van der Waals surface area contributed by atoms with E-state index in [1.54, 1.807) is 26.2 Å². The van der Waals surface area contributed by atoms with Gasteiger partial charge in [-0.25, -0.2) is 0 Å². The Morgan fingerprint density at radius 2 is 2.16 bits per heavy atom. The van der Waals surface area contributed by atoms with Gasteiger partial charge in [-0.2, -0.15) is 0 Å². The summed E-state index contributed by atoms with van der Waals surface area (Å²) in [5.74, 6) is 0.494. The number of carbonyl (C=O) groups excluding carboxylic acids is 1. The van der Waals surface area contributed by atoms with E-state index in [4.69, 9.17) is 4.74 Å². The minimum Gasteiger partial charge on any atom is -0.497 e. The maximum Gasteiger partial charge on any atom is 0.260 e. The summed E-state index contributed by atoms with van der Waals surface area (Å²) in [6, 6.07) is 11.2. The van der Waals surface area contributed by atoms with Gasteiger partial charge in [0.05, 0.1) is 7.11 Å². The fourth-order valence-corrected chi connectivity index (χ4v) is 3.15. The molecule has 1 saturated heterocycles. The van der Waals surface area contributed by atoms with Gasteiger partial charge in [0.2, 0.25) is 0 Å². The van der Waals surface area contributed by atoms with Crippen molar-refractivity contribution in [2.45, 2.75) is 25.8 Å². The van der Waals surface area contributed by atoms with Gasteiger partial charge in [0.15, 0.2) is 0 Å². The number of aromatic amines is 1. The average Bonchev–Trinajstić information content (AvgIpc) is 2.62. The van der Waals surface area contributed by atoms with Crippen molar-refractivity contribution < 1.29 is 9.53 Å². The number of pyridine rings is 1. The number of aryl methyl sites for hydroxylation is 1. The molecule has 25 heavy (non-hydrogen) atoms. The minimum absolute atomic E-state index is 0.00755. The highest BCUT2D eigenvalue weighted by Crippen LogP contribution is 2.24. The van der Waals surface area contributed by atoms with Crippen LogP contribution in [0.15, 0.2) is 41.2 Å². The number of anilines is 1. The molecule has 3 rings (SSSR count). The van der Waals surface area contributed by atoms with Crippen LogP contribution in [0.4, 0.5) is 5.69 Å². The van der Waals surface area contributed by atoms with E-state index in [0.717, 1.165) is 36.5 Å². The van der Waals surface area contributed by atoms with E-state index in [1.807, 2.05) is 24.3 Å². The molecule has 1 aromatic carbocycles. The number of hydrogen-bond donors (Lipinski definition) is 2. The topological polar surface area (TPSA) is 74.4 Å². The Labute approximate surface area is 146 Å². The molecule has 1 atom stereocenters. The van der Waals surface area contributed by atoms with Gasteiger partial charge >= 0.3 is 0 Å². The van der Waals surface area contributed by atoms with Crippen LogP contribution in [0.5, 0.6) is 5.75 Å². The van der Waals surface area contributed by atoms with Crippen molar-refractivity contribution in [3.63, 3.8) is 0 Å². The monoisotopic (exact) mass is 341 g/mol. The molecule has 0 aliphatic carbocycles. The molecule has 1 unspecified atom stereocenters. The molecule has 132 valence electrons. The Bertz CT molecular complexity index is 816. The predicted octanol–water partition coefficient (Wildman–Crippen LogP) is 2.09. The van der Waals surface area contributed by atoms with Gasteiger partial charge in [0.1, 0.15) is 11.3 Å². The van der Waals surface area contributed by atoms with Gasteiger partial charge in [0.25, 0.3) is 11.5 Å². The summed E-state index contributed by atoms with van der Waals surface area (Å²) in [5, 5.41) is 2.99. The quantitative estimate of drug-likeness (QED) is 0.893. The highest BCUT2D eigenvalue weighted by molar-refractivity contribution is 5.94. The number of amides is 1. The van der Waals surface area contributed by atoms with Crippen molar-refractivity contribution in [1.82, 2.24) is 10.3 Å². The SMILES string of the molecule is COc1cccc(N2CCCC(NC(=O)c3ccc(C)[nH]c3=O)C2)c1. The summed E-state index contributed by atoms with van der Waals surface area (Å²) in [6.45, 7) is 3.43. The van der Waals surface area contributed by atoms with Crippen LogP contribution in [0.3, 0.4) is 0 Å². The number of benzene rings is 1. The lowest BCUT2D eigenvalue weighted by molar-refractivity contribution is 0.0931. The fourth-order valence-electron chi connectivity index (χ4n) is 3.15. The van der Waals surface area contributed by atoms with Gasteiger partial charge < -0.3 is 19.9 Å². The predicted molar refractivity (Wildman–Crippen MR) is 97.5 cm³/mol. The van der Waals surface area contributed by atoms with Crippen molar-refractivity contribution in [2.75, 3.05) is 25.1 Å². The Kier molecular flexibility index (Phi) is 5.07. The summed E-state index contributed by atoms with van der Waals surface area (Å²) in [4.78, 5) is 29.3. The number of aromatic nitrogens is 1. The summed E-state index contributed by atoms with van der Waals surface area (Å²) >= 11 is 0. The van der Waals surface area contributed by atoms with Gasteiger partial charge in [-0.3, -0.25) is 9.59 Å². The second-order valence-corrected chi connectivity index (χ2v) is 6.34. The molecule has 1 aliphatic heterocycles. The molecule has 1 fully saturated rings. The van der Waals surface area contributed by atoms with E-state index >= 15 is 0 Å². The van der Waals surface area contributed by atoms with E-state index in [1.165, 1.54) is 0 Å². The molecule has 0 radical (unpaired) electrons. The van der Waals surface area contributed by atoms with Crippen molar-refractivity contribution in [2.24, 2.45) is 0 Å². The second-order valence-electron chi connectivity index (χ2n) is 6.34. The van der Waals surface area contributed by atoms with Crippen LogP contribution in [0, 0.1) is 6.92 Å². The van der Waals surface area contributed by atoms with Crippen LogP contribution in [0.25, 0.3) is 0 Å². The molecule has 1 amide bonds. The third-order valence-corrected chi connectivity index (χ3v) is 4.48. The fraction of sp³-hybridized carbons (Fsp3) is 0.368. The zero-order valence-electron chi connectivity index (χ0n) is 14.5. The smallest absolute Gasteiger partial charge is 0.260 e. The van der Waals surface area contributed by atoms with Crippen molar-refractivity contribution in [3.8, 4) is 5.75 Å². The first kappa shape index (κ1) is 17.1. The largest absolute Gasteiger partial charge is 0.497 e. The van der Waals surface area contributed by atoms with Crippen LogP contribution in [0.1, 0.15) is 28.9 Å². The second kappa shape index (κ2) is 7.42. The van der Waals surface area contributed by atoms with E-state index in [9.17, 15) is 9.59 Å². The average molecular weight is 341 g/mol. The lowest BCUT2D eigenvalue weighted by Gasteiger charge is -2.34. The lowest BCUT2D eigenvalue weighted by Crippen LogP contribution is -2.48. The minimum atomic E-state index is -0.349. The third-order valence-electron chi connectivity index (χ3n) is 4.48. The third kappa shape index (κ3) is 4.02. The Morgan fingerprint density at radius 1 is 1.32 bits per heavy atom. The molecule has 0 bridgehead atoms. The first-order valence-corrected chi connectivity index (χ1v) is 8.46. The number of carbonyl (C=O) groups is 1. The van der Waals surface area contributed by atoms with E-state index < -0.39 is 0 Å². The van der Waals surface area contributed by atoms with Crippen LogP contribution in [-0.2, 0) is 0 Å². The van der Waals surface area contributed by atoms with Crippen molar-refractivity contribution in [1.29, 1.82) is 0 Å². The van der Waals surface area contributed by atoms with Crippen molar-refractivity contribution >= 4 is 11.6 Å². The Morgan fingerprint density at radius 3 is 2.92 bits per heavy atom. The maximum absolute atomic E-state index is 12.4. The van der Waals surface area contributed by atoms with Crippen LogP contribution >= 0.6 is 0 Å². The number of hydrogen-bond acceptors (Lipinski definition) is 4. The number of piperidine rings is 1. The molecule has 2 heterocycles. The van der Waals surface area contributed by atoms with E-state index in [2.05, 4.69) is 15.2 Å². The molecule has 2 aromatic rings. The number of nitrogens with zero attached hydrogens (tertiary/aromatic N) is 1. The molecule has 6 heteroatoms. The lowest BCUT2D eigenvalue weighted by atomic mass is 10.0. The van der Waals surface area contributed by atoms with E-state index in [0.29, 0.717) is 6.54 Å². The van der Waals surface area contributed by atoms with Crippen LogP contribution in [0.2, 0.25) is 0 Å². The number of ether oxygens (including phenoxy) is 1. The highest BCUT2D eigenvalue weighted by atomic mass is 16.5. The zero-order chi connectivity index (χ0) is 17.8. The summed E-state index contributed by atoms with van der Waals surface area (Å²) < 4.78 is 5.28. The number of rotatable bonds is 4. The molecule has 1 aromatic heterocycles. The first-order chi connectivity index (χ1) is 12.1. The van der Waals surface area contributed by atoms with E-state index in [-0.39, 0.29) is 23.1 Å². The number of H-pyrrole nitrogens is 1. The maximum atomic E-state index is 12.4. The first-order valence-electron chi connectivity index (χ1n) is 8.46. The molecule has 0 spiro atoms. The van der Waals surface area contributed by atoms with Crippen molar-refractivity contribution in [3.05, 3.63) is 58.0 Å². The molecular weight excluding hydrogens is 318 g/mol. The summed E-state index contributed by atoms with van der Waals surface area (Å²) in [6.07, 6.45) is 1.88. The van der Waals surface area contributed by atoms with Gasteiger partial charge in [-0.1, -0.05) is 6.07 Å². The number of methoxy groups -OCH3 is 1. The van der Waals surface area contributed by atoms with Gasteiger partial charge in [-0.15, -0.1) is 0 Å². The molecular formula is C19H23N3O3. The Hall–Kier alpha value is -2.76. The normalized spacial score (nSPS) is 17.2. The van der Waals surface area contributed by atoms with Crippen LogP contribution in [-0.4, -0.2) is 37.1 Å². The zero-order valence-corrected chi connectivity index (χ0v) is 14.5. The molecule has 0 saturated carbocycles.